The van der Waals surface area contributed by atoms with Gasteiger partial charge in [-0.3, -0.25) is 0 Å². The third kappa shape index (κ3) is 3.46. The molecule has 1 unspecified atom stereocenters. The Hall–Kier alpha value is -1.07. The second-order valence-electron chi connectivity index (χ2n) is 4.24. The van der Waals surface area contributed by atoms with Crippen molar-refractivity contribution >= 4 is 22.6 Å². The number of benzene rings is 2. The Labute approximate surface area is 121 Å². The quantitative estimate of drug-likeness (QED) is 0.847. The molecule has 1 atom stereocenters. The zero-order valence-corrected chi connectivity index (χ0v) is 12.4. The van der Waals surface area contributed by atoms with E-state index < -0.39 is 0 Å². The molecule has 0 spiro atoms. The first-order valence-corrected chi connectivity index (χ1v) is 6.96. The molecule has 0 bridgehead atoms. The molecule has 0 radical (unpaired) electrons. The number of para-hydroxylation sites is 1. The van der Waals surface area contributed by atoms with E-state index in [0.717, 1.165) is 16.9 Å². The summed E-state index contributed by atoms with van der Waals surface area (Å²) in [5.41, 5.74) is 8.13. The molecule has 2 N–H and O–H groups in total. The molecule has 2 rings (SSSR count). The van der Waals surface area contributed by atoms with Crippen LogP contribution in [0.4, 0.5) is 0 Å². The fourth-order valence-electron chi connectivity index (χ4n) is 1.73. The molecule has 0 amide bonds. The average molecular weight is 353 g/mol. The van der Waals surface area contributed by atoms with Gasteiger partial charge in [-0.15, -0.1) is 0 Å². The lowest BCUT2D eigenvalue weighted by Crippen LogP contribution is -2.07. The van der Waals surface area contributed by atoms with E-state index in [9.17, 15) is 0 Å². The van der Waals surface area contributed by atoms with Gasteiger partial charge in [-0.05, 0) is 53.3 Å². The summed E-state index contributed by atoms with van der Waals surface area (Å²) in [5, 5.41) is 0. The van der Waals surface area contributed by atoms with Gasteiger partial charge in [-0.2, -0.15) is 0 Å². The minimum absolute atomic E-state index is 0.0158. The number of ether oxygens (including phenoxy) is 1. The first kappa shape index (κ1) is 13.4. The molecule has 0 fully saturated rings. The fraction of sp³-hybridized carbons (Fsp3) is 0.200. The van der Waals surface area contributed by atoms with Gasteiger partial charge < -0.3 is 10.5 Å². The van der Waals surface area contributed by atoms with Crippen LogP contribution < -0.4 is 10.5 Å². The zero-order chi connectivity index (χ0) is 13.0. The van der Waals surface area contributed by atoms with Crippen LogP contribution in [-0.4, -0.2) is 0 Å². The fourth-order valence-corrected chi connectivity index (χ4v) is 2.09. The number of halogens is 1. The summed E-state index contributed by atoms with van der Waals surface area (Å²) in [4.78, 5) is 0. The van der Waals surface area contributed by atoms with Crippen molar-refractivity contribution in [3.63, 3.8) is 0 Å². The molecule has 2 aromatic carbocycles. The van der Waals surface area contributed by atoms with Crippen molar-refractivity contribution in [1.29, 1.82) is 0 Å². The Balaban J connectivity index is 2.08. The molecular formula is C15H16INO. The van der Waals surface area contributed by atoms with Gasteiger partial charge in [0.05, 0.1) is 0 Å². The average Bonchev–Trinajstić information content (AvgIpc) is 2.38. The van der Waals surface area contributed by atoms with E-state index in [1.807, 2.05) is 31.2 Å². The van der Waals surface area contributed by atoms with Crippen molar-refractivity contribution in [1.82, 2.24) is 0 Å². The molecule has 0 aromatic heterocycles. The second kappa shape index (κ2) is 6.20. The molecule has 2 nitrogen and oxygen atoms in total. The highest BCUT2D eigenvalue weighted by molar-refractivity contribution is 14.1. The molecular weight excluding hydrogens is 337 g/mol. The van der Waals surface area contributed by atoms with E-state index >= 15 is 0 Å². The van der Waals surface area contributed by atoms with Gasteiger partial charge in [0.1, 0.15) is 12.4 Å². The van der Waals surface area contributed by atoms with Crippen LogP contribution in [0, 0.1) is 3.57 Å². The van der Waals surface area contributed by atoms with Crippen molar-refractivity contribution in [3.8, 4) is 5.75 Å². The molecule has 0 aliphatic rings. The summed E-state index contributed by atoms with van der Waals surface area (Å²) in [7, 11) is 0. The molecule has 0 saturated carbocycles. The first-order valence-electron chi connectivity index (χ1n) is 5.88. The Kier molecular flexibility index (Phi) is 4.60. The number of hydrogen-bond donors (Lipinski definition) is 1. The van der Waals surface area contributed by atoms with Crippen LogP contribution in [0.15, 0.2) is 48.5 Å². The third-order valence-electron chi connectivity index (χ3n) is 2.72. The minimum Gasteiger partial charge on any atom is -0.489 e. The summed E-state index contributed by atoms with van der Waals surface area (Å²) in [6.07, 6.45) is 0. The van der Waals surface area contributed by atoms with Gasteiger partial charge in [-0.1, -0.05) is 30.3 Å². The summed E-state index contributed by atoms with van der Waals surface area (Å²) in [6.45, 7) is 2.54. The zero-order valence-electron chi connectivity index (χ0n) is 10.3. The van der Waals surface area contributed by atoms with Crippen molar-refractivity contribution < 1.29 is 4.74 Å². The van der Waals surface area contributed by atoms with Crippen LogP contribution in [0.3, 0.4) is 0 Å². The molecule has 0 heterocycles. The van der Waals surface area contributed by atoms with Crippen molar-refractivity contribution in [2.45, 2.75) is 19.6 Å². The lowest BCUT2D eigenvalue weighted by molar-refractivity contribution is 0.301. The van der Waals surface area contributed by atoms with Crippen LogP contribution in [0.5, 0.6) is 5.75 Å². The molecule has 0 aliphatic heterocycles. The maximum absolute atomic E-state index is 5.92. The standard InChI is InChI=1S/C15H16INO/c1-11(17)14-4-2-3-5-15(14)18-10-12-6-8-13(16)9-7-12/h2-9,11H,10,17H2,1H3. The summed E-state index contributed by atoms with van der Waals surface area (Å²) < 4.78 is 7.07. The Morgan fingerprint density at radius 1 is 1.11 bits per heavy atom. The lowest BCUT2D eigenvalue weighted by Gasteiger charge is -2.13. The van der Waals surface area contributed by atoms with E-state index in [2.05, 4.69) is 46.9 Å². The smallest absolute Gasteiger partial charge is 0.124 e. The largest absolute Gasteiger partial charge is 0.489 e. The number of nitrogens with two attached hydrogens (primary N) is 1. The van der Waals surface area contributed by atoms with Crippen LogP contribution >= 0.6 is 22.6 Å². The van der Waals surface area contributed by atoms with Crippen molar-refractivity contribution in [2.75, 3.05) is 0 Å². The van der Waals surface area contributed by atoms with Crippen molar-refractivity contribution in [2.24, 2.45) is 5.73 Å². The molecule has 94 valence electrons. The summed E-state index contributed by atoms with van der Waals surface area (Å²) in [6, 6.07) is 16.2. The SMILES string of the molecule is CC(N)c1ccccc1OCc1ccc(I)cc1. The lowest BCUT2D eigenvalue weighted by atomic mass is 10.1. The Morgan fingerprint density at radius 3 is 2.44 bits per heavy atom. The third-order valence-corrected chi connectivity index (χ3v) is 3.44. The molecule has 3 heteroatoms. The van der Waals surface area contributed by atoms with Crippen LogP contribution in [0.1, 0.15) is 24.1 Å². The Bertz CT molecular complexity index is 508. The van der Waals surface area contributed by atoms with E-state index in [1.54, 1.807) is 0 Å². The van der Waals surface area contributed by atoms with Gasteiger partial charge >= 0.3 is 0 Å². The maximum Gasteiger partial charge on any atom is 0.124 e. The van der Waals surface area contributed by atoms with E-state index in [-0.39, 0.29) is 6.04 Å². The molecule has 0 aliphatic carbocycles. The summed E-state index contributed by atoms with van der Waals surface area (Å²) >= 11 is 2.29. The summed E-state index contributed by atoms with van der Waals surface area (Å²) in [5.74, 6) is 0.867. The van der Waals surface area contributed by atoms with E-state index in [1.165, 1.54) is 3.57 Å². The predicted molar refractivity (Wildman–Crippen MR) is 82.5 cm³/mol. The molecule has 0 saturated heterocycles. The number of rotatable bonds is 4. The maximum atomic E-state index is 5.92. The van der Waals surface area contributed by atoms with Gasteiger partial charge in [0.2, 0.25) is 0 Å². The van der Waals surface area contributed by atoms with Gasteiger partial charge in [0.25, 0.3) is 0 Å². The highest BCUT2D eigenvalue weighted by atomic mass is 127. The van der Waals surface area contributed by atoms with Gasteiger partial charge in [0.15, 0.2) is 0 Å². The van der Waals surface area contributed by atoms with Gasteiger partial charge in [0, 0.05) is 15.2 Å². The van der Waals surface area contributed by atoms with E-state index in [4.69, 9.17) is 10.5 Å². The monoisotopic (exact) mass is 353 g/mol. The topological polar surface area (TPSA) is 35.2 Å². The first-order chi connectivity index (χ1) is 8.66. The van der Waals surface area contributed by atoms with E-state index in [0.29, 0.717) is 6.61 Å². The second-order valence-corrected chi connectivity index (χ2v) is 5.49. The number of hydrogen-bond acceptors (Lipinski definition) is 2. The van der Waals surface area contributed by atoms with Gasteiger partial charge in [-0.25, -0.2) is 0 Å². The van der Waals surface area contributed by atoms with Crippen molar-refractivity contribution in [3.05, 3.63) is 63.2 Å². The van der Waals surface area contributed by atoms with Crippen LogP contribution in [0.25, 0.3) is 0 Å². The highest BCUT2D eigenvalue weighted by Crippen LogP contribution is 2.24. The molecule has 18 heavy (non-hydrogen) atoms. The Morgan fingerprint density at radius 2 is 1.78 bits per heavy atom. The van der Waals surface area contributed by atoms with Crippen LogP contribution in [0.2, 0.25) is 0 Å². The van der Waals surface area contributed by atoms with Crippen LogP contribution in [-0.2, 0) is 6.61 Å². The predicted octanol–water partition coefficient (Wildman–Crippen LogP) is 3.89. The highest BCUT2D eigenvalue weighted by Gasteiger charge is 2.06. The minimum atomic E-state index is -0.0158. The molecule has 2 aromatic rings. The normalized spacial score (nSPS) is 12.2.